The van der Waals surface area contributed by atoms with Gasteiger partial charge >= 0.3 is 0 Å². The minimum Gasteiger partial charge on any atom is -0.457 e. The first-order chi connectivity index (χ1) is 19.8. The van der Waals surface area contributed by atoms with Gasteiger partial charge in [-0.15, -0.1) is 0 Å². The third-order valence-corrected chi connectivity index (χ3v) is 8.15. The van der Waals surface area contributed by atoms with E-state index in [2.05, 4.69) is 113 Å². The van der Waals surface area contributed by atoms with Gasteiger partial charge in [-0.25, -0.2) is 4.98 Å². The van der Waals surface area contributed by atoms with Gasteiger partial charge in [0.15, 0.2) is 0 Å². The maximum absolute atomic E-state index is 6.56. The van der Waals surface area contributed by atoms with Crippen LogP contribution in [0.4, 0.5) is 0 Å². The molecule has 0 amide bonds. The SMILES string of the molecule is C1=CCNC(C2(C3C=CC=CN3)c3ccccc3Oc3ccc(-c4ccc5ccc6cccnc6c5n4)cc32)=C1. The fourth-order valence-corrected chi connectivity index (χ4v) is 6.35. The Kier molecular flexibility index (Phi) is 5.10. The number of pyridine rings is 2. The molecule has 2 N–H and O–H groups in total. The number of hydrogen-bond donors (Lipinski definition) is 2. The van der Waals surface area contributed by atoms with Crippen molar-refractivity contribution in [2.45, 2.75) is 11.5 Å². The second kappa shape index (κ2) is 8.95. The van der Waals surface area contributed by atoms with Crippen molar-refractivity contribution in [1.29, 1.82) is 0 Å². The second-order valence-electron chi connectivity index (χ2n) is 10.3. The molecule has 8 rings (SSSR count). The van der Waals surface area contributed by atoms with Crippen LogP contribution in [0.15, 0.2) is 133 Å². The molecule has 0 aliphatic carbocycles. The van der Waals surface area contributed by atoms with Gasteiger partial charge in [0.05, 0.1) is 28.2 Å². The molecule has 2 atom stereocenters. The van der Waals surface area contributed by atoms with Crippen LogP contribution in [0.5, 0.6) is 11.5 Å². The van der Waals surface area contributed by atoms with Crippen molar-refractivity contribution in [2.24, 2.45) is 0 Å². The molecule has 0 spiro atoms. The van der Waals surface area contributed by atoms with E-state index in [9.17, 15) is 0 Å². The van der Waals surface area contributed by atoms with Crippen LogP contribution in [-0.2, 0) is 5.41 Å². The summed E-state index contributed by atoms with van der Waals surface area (Å²) in [5.41, 5.74) is 6.53. The number of ether oxygens (including phenoxy) is 1. The summed E-state index contributed by atoms with van der Waals surface area (Å²) in [6.45, 7) is 0.768. The highest BCUT2D eigenvalue weighted by Crippen LogP contribution is 2.54. The largest absolute Gasteiger partial charge is 0.457 e. The van der Waals surface area contributed by atoms with Gasteiger partial charge in [-0.2, -0.15) is 0 Å². The van der Waals surface area contributed by atoms with Crippen molar-refractivity contribution in [2.75, 3.05) is 6.54 Å². The quantitative estimate of drug-likeness (QED) is 0.254. The minimum absolute atomic E-state index is 0.0421. The van der Waals surface area contributed by atoms with E-state index in [-0.39, 0.29) is 6.04 Å². The Hall–Kier alpha value is -5.16. The van der Waals surface area contributed by atoms with Crippen molar-refractivity contribution in [3.8, 4) is 22.8 Å². The molecular formula is C35H26N4O. The fourth-order valence-electron chi connectivity index (χ4n) is 6.35. The fraction of sp³-hybridized carbons (Fsp3) is 0.0857. The van der Waals surface area contributed by atoms with E-state index in [1.807, 2.05) is 30.6 Å². The predicted molar refractivity (Wildman–Crippen MR) is 160 cm³/mol. The summed E-state index contributed by atoms with van der Waals surface area (Å²) in [5, 5.41) is 9.53. The first kappa shape index (κ1) is 22.8. The summed E-state index contributed by atoms with van der Waals surface area (Å²) in [6.07, 6.45) is 16.7. The minimum atomic E-state index is -0.558. The van der Waals surface area contributed by atoms with Crippen molar-refractivity contribution < 1.29 is 4.74 Å². The standard InChI is InChI=1S/C35H26N4O/c1-2-10-29-26(9-1)35(31-11-3-5-19-36-31,32-12-4-6-20-37-32)27-22-25(16-18-30(27)40-29)28-17-15-24-14-13-23-8-7-21-38-33(23)34(24)39-28/h1-19,21-22,31,36-37H,20H2. The molecule has 0 saturated carbocycles. The average molecular weight is 519 g/mol. The van der Waals surface area contributed by atoms with E-state index in [0.29, 0.717) is 0 Å². The van der Waals surface area contributed by atoms with E-state index in [1.165, 1.54) is 0 Å². The van der Waals surface area contributed by atoms with E-state index in [4.69, 9.17) is 9.72 Å². The summed E-state index contributed by atoms with van der Waals surface area (Å²) < 4.78 is 6.56. The molecule has 5 heterocycles. The van der Waals surface area contributed by atoms with Crippen LogP contribution >= 0.6 is 0 Å². The van der Waals surface area contributed by atoms with E-state index < -0.39 is 5.41 Å². The molecule has 192 valence electrons. The zero-order valence-corrected chi connectivity index (χ0v) is 21.7. The van der Waals surface area contributed by atoms with Crippen molar-refractivity contribution >= 4 is 21.8 Å². The molecule has 3 aliphatic heterocycles. The van der Waals surface area contributed by atoms with E-state index >= 15 is 0 Å². The number of rotatable bonds is 3. The Morgan fingerprint density at radius 1 is 0.800 bits per heavy atom. The lowest BCUT2D eigenvalue weighted by Crippen LogP contribution is -2.53. The maximum Gasteiger partial charge on any atom is 0.132 e. The lowest BCUT2D eigenvalue weighted by molar-refractivity contribution is 0.373. The Balaban J connectivity index is 1.39. The molecular weight excluding hydrogens is 492 g/mol. The zero-order chi connectivity index (χ0) is 26.5. The second-order valence-corrected chi connectivity index (χ2v) is 10.3. The first-order valence-corrected chi connectivity index (χ1v) is 13.6. The number of benzene rings is 3. The van der Waals surface area contributed by atoms with Crippen LogP contribution in [0.3, 0.4) is 0 Å². The molecule has 3 aliphatic rings. The Labute approximate surface area is 232 Å². The molecule has 5 nitrogen and oxygen atoms in total. The van der Waals surface area contributed by atoms with Crippen LogP contribution < -0.4 is 15.4 Å². The van der Waals surface area contributed by atoms with E-state index in [0.717, 1.165) is 67.9 Å². The number of aromatic nitrogens is 2. The highest BCUT2D eigenvalue weighted by atomic mass is 16.5. The monoisotopic (exact) mass is 518 g/mol. The topological polar surface area (TPSA) is 59.1 Å². The van der Waals surface area contributed by atoms with Crippen molar-refractivity contribution in [3.63, 3.8) is 0 Å². The van der Waals surface area contributed by atoms with Crippen LogP contribution in [0.2, 0.25) is 0 Å². The van der Waals surface area contributed by atoms with Crippen LogP contribution in [0, 0.1) is 0 Å². The highest BCUT2D eigenvalue weighted by molar-refractivity contribution is 6.03. The number of fused-ring (bicyclic) bond motifs is 5. The van der Waals surface area contributed by atoms with Crippen molar-refractivity contribution in [3.05, 3.63) is 145 Å². The van der Waals surface area contributed by atoms with Crippen molar-refractivity contribution in [1.82, 2.24) is 20.6 Å². The predicted octanol–water partition coefficient (Wildman–Crippen LogP) is 6.93. The molecule has 5 aromatic rings. The average Bonchev–Trinajstić information content (AvgIpc) is 3.04. The zero-order valence-electron chi connectivity index (χ0n) is 21.7. The van der Waals surface area contributed by atoms with Gasteiger partial charge in [-0.3, -0.25) is 4.98 Å². The van der Waals surface area contributed by atoms with Gasteiger partial charge in [0, 0.05) is 45.9 Å². The van der Waals surface area contributed by atoms with Gasteiger partial charge in [0.25, 0.3) is 0 Å². The highest BCUT2D eigenvalue weighted by Gasteiger charge is 2.50. The molecule has 0 bridgehead atoms. The first-order valence-electron chi connectivity index (χ1n) is 13.6. The van der Waals surface area contributed by atoms with Crippen LogP contribution in [0.25, 0.3) is 33.1 Å². The van der Waals surface area contributed by atoms with Gasteiger partial charge in [-0.1, -0.05) is 66.8 Å². The molecule has 0 saturated heterocycles. The Bertz CT molecular complexity index is 1940. The molecule has 5 heteroatoms. The Morgan fingerprint density at radius 3 is 2.55 bits per heavy atom. The summed E-state index contributed by atoms with van der Waals surface area (Å²) in [4.78, 5) is 9.81. The van der Waals surface area contributed by atoms with E-state index in [1.54, 1.807) is 0 Å². The Morgan fingerprint density at radius 2 is 1.68 bits per heavy atom. The molecule has 40 heavy (non-hydrogen) atoms. The van der Waals surface area contributed by atoms with Gasteiger partial charge < -0.3 is 15.4 Å². The number of para-hydroxylation sites is 1. The summed E-state index contributed by atoms with van der Waals surface area (Å²) in [6, 6.07) is 27.3. The number of nitrogens with zero attached hydrogens (tertiary/aromatic N) is 2. The lowest BCUT2D eigenvalue weighted by Gasteiger charge is -2.47. The van der Waals surface area contributed by atoms with Gasteiger partial charge in [0.1, 0.15) is 11.5 Å². The third-order valence-electron chi connectivity index (χ3n) is 8.15. The number of nitrogens with one attached hydrogen (secondary N) is 2. The van der Waals surface area contributed by atoms with Crippen LogP contribution in [-0.4, -0.2) is 22.6 Å². The third kappa shape index (κ3) is 3.34. The number of dihydropyridines is 2. The van der Waals surface area contributed by atoms with Gasteiger partial charge in [-0.05, 0) is 54.8 Å². The maximum atomic E-state index is 6.56. The molecule has 2 unspecified atom stereocenters. The lowest BCUT2D eigenvalue weighted by atomic mass is 9.64. The molecule has 0 radical (unpaired) electrons. The summed E-state index contributed by atoms with van der Waals surface area (Å²) in [5.74, 6) is 1.71. The summed E-state index contributed by atoms with van der Waals surface area (Å²) >= 11 is 0. The number of hydrogen-bond acceptors (Lipinski definition) is 5. The molecule has 0 fully saturated rings. The normalized spacial score (nSPS) is 20.7. The number of allylic oxidation sites excluding steroid dienone is 4. The molecule has 2 aromatic heterocycles. The summed E-state index contributed by atoms with van der Waals surface area (Å²) in [7, 11) is 0. The van der Waals surface area contributed by atoms with Gasteiger partial charge in [0.2, 0.25) is 0 Å². The smallest absolute Gasteiger partial charge is 0.132 e. The molecule has 3 aromatic carbocycles. The van der Waals surface area contributed by atoms with Crippen LogP contribution in [0.1, 0.15) is 11.1 Å².